The summed E-state index contributed by atoms with van der Waals surface area (Å²) in [6.45, 7) is 12.8. The second kappa shape index (κ2) is 11.1. The Labute approximate surface area is 264 Å². The standard InChI is InChI=1S/C17H24N4OS.C14H16N4O2S/c1-3-11-5-12-4-10(2)7-17(8-11,9-12)15-18-13-6-14(22)20-21(13)16(23)19-15;1-7-8(5-9(20-7)14(2,3)4)12-15-10-6-11(19)17-18(10)13(21)16-12/h6,10-12H,3-5,7-9H2,1-2H3,(H,20,22)(H,18,19,23);5-6H,1-4H3,(H,17,19)(H,15,16,21). The molecule has 11 nitrogen and oxygen atoms in total. The number of hydrogen-bond acceptors (Lipinski definition) is 7. The van der Waals surface area contributed by atoms with Crippen molar-refractivity contribution >= 4 is 35.7 Å². The van der Waals surface area contributed by atoms with Gasteiger partial charge in [-0.15, -0.1) is 0 Å². The van der Waals surface area contributed by atoms with Gasteiger partial charge in [-0.25, -0.2) is 19.0 Å². The van der Waals surface area contributed by atoms with Crippen molar-refractivity contribution in [3.63, 3.8) is 0 Å². The van der Waals surface area contributed by atoms with Crippen LogP contribution in [0.5, 0.6) is 0 Å². The van der Waals surface area contributed by atoms with E-state index in [4.69, 9.17) is 33.8 Å². The zero-order valence-corrected chi connectivity index (χ0v) is 27.7. The lowest BCUT2D eigenvalue weighted by molar-refractivity contribution is 0.0644. The molecule has 7 rings (SSSR count). The van der Waals surface area contributed by atoms with E-state index in [0.29, 0.717) is 21.0 Å². The third kappa shape index (κ3) is 5.67. The molecule has 0 amide bonds. The highest BCUT2D eigenvalue weighted by Crippen LogP contribution is 2.53. The van der Waals surface area contributed by atoms with Gasteiger partial charge >= 0.3 is 0 Å². The Kier molecular flexibility index (Phi) is 7.68. The van der Waals surface area contributed by atoms with E-state index in [9.17, 15) is 9.59 Å². The number of aromatic nitrogens is 8. The number of nitrogens with zero attached hydrogens (tertiary/aromatic N) is 4. The molecule has 4 atom stereocenters. The molecule has 2 fully saturated rings. The molecule has 2 aliphatic rings. The second-order valence-corrected chi connectivity index (χ2v) is 14.6. The molecular weight excluding hydrogens is 597 g/mol. The van der Waals surface area contributed by atoms with Gasteiger partial charge in [0.25, 0.3) is 11.1 Å². The monoisotopic (exact) mass is 636 g/mol. The zero-order valence-electron chi connectivity index (χ0n) is 26.0. The van der Waals surface area contributed by atoms with Gasteiger partial charge in [0, 0.05) is 23.0 Å². The first kappa shape index (κ1) is 30.4. The Morgan fingerprint density at radius 2 is 1.59 bits per heavy atom. The molecule has 44 heavy (non-hydrogen) atoms. The second-order valence-electron chi connectivity index (χ2n) is 13.9. The summed E-state index contributed by atoms with van der Waals surface area (Å²) >= 11 is 10.6. The van der Waals surface area contributed by atoms with E-state index in [2.05, 4.69) is 59.8 Å². The van der Waals surface area contributed by atoms with E-state index in [0.717, 1.165) is 46.3 Å². The number of aryl methyl sites for hydroxylation is 1. The lowest BCUT2D eigenvalue weighted by Crippen LogP contribution is -2.44. The number of furan rings is 1. The quantitative estimate of drug-likeness (QED) is 0.165. The van der Waals surface area contributed by atoms with E-state index in [1.807, 2.05) is 13.0 Å². The zero-order chi connectivity index (χ0) is 31.6. The highest BCUT2D eigenvalue weighted by atomic mass is 32.1. The Hall–Kier alpha value is -3.58. The summed E-state index contributed by atoms with van der Waals surface area (Å²) in [4.78, 5) is 38.6. The van der Waals surface area contributed by atoms with Crippen LogP contribution >= 0.6 is 24.4 Å². The average molecular weight is 637 g/mol. The van der Waals surface area contributed by atoms with Crippen LogP contribution in [0.25, 0.3) is 22.7 Å². The summed E-state index contributed by atoms with van der Waals surface area (Å²) in [5, 5.41) is 5.29. The summed E-state index contributed by atoms with van der Waals surface area (Å²) in [6.07, 6.45) is 7.49. The Bertz CT molecular complexity index is 2080. The predicted octanol–water partition coefficient (Wildman–Crippen LogP) is 6.52. The van der Waals surface area contributed by atoms with Gasteiger partial charge in [-0.3, -0.25) is 19.8 Å². The van der Waals surface area contributed by atoms with Crippen molar-refractivity contribution in [1.82, 2.24) is 39.2 Å². The van der Waals surface area contributed by atoms with E-state index < -0.39 is 0 Å². The number of hydrogen-bond donors (Lipinski definition) is 4. The topological polar surface area (TPSA) is 145 Å². The third-order valence-corrected chi connectivity index (χ3v) is 9.79. The smallest absolute Gasteiger partial charge is 0.266 e. The van der Waals surface area contributed by atoms with Crippen LogP contribution in [0.15, 0.2) is 32.2 Å². The van der Waals surface area contributed by atoms with Gasteiger partial charge in [0.05, 0.1) is 5.56 Å². The Morgan fingerprint density at radius 3 is 2.20 bits per heavy atom. The molecule has 2 saturated carbocycles. The van der Waals surface area contributed by atoms with Crippen molar-refractivity contribution in [1.29, 1.82) is 0 Å². The number of aromatic amines is 4. The van der Waals surface area contributed by atoms with Gasteiger partial charge in [-0.05, 0) is 87.3 Å². The van der Waals surface area contributed by atoms with Gasteiger partial charge in [-0.2, -0.15) is 0 Å². The maximum Gasteiger partial charge on any atom is 0.266 e. The lowest BCUT2D eigenvalue weighted by atomic mass is 9.56. The van der Waals surface area contributed by atoms with Crippen LogP contribution in [-0.4, -0.2) is 39.2 Å². The van der Waals surface area contributed by atoms with Crippen molar-refractivity contribution in [3.8, 4) is 11.4 Å². The Morgan fingerprint density at radius 1 is 0.955 bits per heavy atom. The fourth-order valence-corrected chi connectivity index (χ4v) is 7.89. The van der Waals surface area contributed by atoms with Crippen molar-refractivity contribution < 1.29 is 4.42 Å². The molecular formula is C31H40N8O3S2. The third-order valence-electron chi connectivity index (χ3n) is 9.24. The van der Waals surface area contributed by atoms with Gasteiger partial charge in [0.15, 0.2) is 0 Å². The normalized spacial score (nSPS) is 23.5. The summed E-state index contributed by atoms with van der Waals surface area (Å²) in [5.74, 6) is 5.52. The molecule has 5 aromatic heterocycles. The van der Waals surface area contributed by atoms with E-state index in [-0.39, 0.29) is 21.9 Å². The highest BCUT2D eigenvalue weighted by Gasteiger charge is 2.47. The first-order chi connectivity index (χ1) is 20.7. The van der Waals surface area contributed by atoms with E-state index >= 15 is 0 Å². The SMILES string of the molecule is CCC1CC2CC(C)CC(c3nc(=S)n4[nH]c(=O)cc4[nH]3)(C1)C2.Cc1oc(C(C)(C)C)cc1-c1nc(=S)n2[nH]c(=O)cc2[nH]1. The van der Waals surface area contributed by atoms with E-state index in [1.54, 1.807) is 10.6 Å². The van der Waals surface area contributed by atoms with Crippen molar-refractivity contribution in [2.75, 3.05) is 0 Å². The summed E-state index contributed by atoms with van der Waals surface area (Å²) in [7, 11) is 0. The van der Waals surface area contributed by atoms with Gasteiger partial charge in [-0.1, -0.05) is 41.0 Å². The average Bonchev–Trinajstić information content (AvgIpc) is 3.63. The van der Waals surface area contributed by atoms with Crippen LogP contribution in [0.2, 0.25) is 0 Å². The minimum atomic E-state index is -0.226. The van der Waals surface area contributed by atoms with Crippen LogP contribution < -0.4 is 11.1 Å². The number of rotatable bonds is 3. The van der Waals surface area contributed by atoms with Crippen LogP contribution in [0.3, 0.4) is 0 Å². The minimum absolute atomic E-state index is 0.0884. The number of fused-ring (bicyclic) bond motifs is 4. The van der Waals surface area contributed by atoms with Crippen LogP contribution in [0.1, 0.15) is 90.5 Å². The van der Waals surface area contributed by atoms with Gasteiger partial charge < -0.3 is 14.4 Å². The van der Waals surface area contributed by atoms with Gasteiger partial charge in [0.2, 0.25) is 9.54 Å². The molecule has 2 bridgehead atoms. The summed E-state index contributed by atoms with van der Waals surface area (Å²) < 4.78 is 9.57. The molecule has 5 aromatic rings. The molecule has 13 heteroatoms. The number of H-pyrrole nitrogens is 4. The van der Waals surface area contributed by atoms with E-state index in [1.165, 1.54) is 49.1 Å². The first-order valence-corrected chi connectivity index (χ1v) is 16.1. The maximum absolute atomic E-state index is 11.6. The lowest BCUT2D eigenvalue weighted by Gasteiger charge is -2.49. The largest absolute Gasteiger partial charge is 0.465 e. The maximum atomic E-state index is 11.6. The molecule has 0 spiro atoms. The molecule has 0 aromatic carbocycles. The molecule has 4 N–H and O–H groups in total. The molecule has 5 heterocycles. The predicted molar refractivity (Wildman–Crippen MR) is 174 cm³/mol. The fourth-order valence-electron chi connectivity index (χ4n) is 7.42. The fraction of sp³-hybridized carbons (Fsp3) is 0.548. The van der Waals surface area contributed by atoms with Crippen molar-refractivity contribution in [2.45, 2.75) is 90.9 Å². The summed E-state index contributed by atoms with van der Waals surface area (Å²) in [6, 6.07) is 4.98. The first-order valence-electron chi connectivity index (χ1n) is 15.3. The molecule has 234 valence electrons. The molecule has 0 radical (unpaired) electrons. The van der Waals surface area contributed by atoms with Crippen LogP contribution in [-0.2, 0) is 10.8 Å². The molecule has 0 saturated heterocycles. The van der Waals surface area contributed by atoms with Gasteiger partial charge in [0.1, 0.15) is 34.5 Å². The van der Waals surface area contributed by atoms with Crippen molar-refractivity contribution in [3.05, 3.63) is 65.8 Å². The van der Waals surface area contributed by atoms with Crippen LogP contribution in [0, 0.1) is 34.2 Å². The molecule has 4 unspecified atom stereocenters. The molecule has 2 aliphatic carbocycles. The summed E-state index contributed by atoms with van der Waals surface area (Å²) in [5.41, 5.74) is 1.80. The molecule has 0 aliphatic heterocycles. The van der Waals surface area contributed by atoms with Crippen molar-refractivity contribution in [2.24, 2.45) is 17.8 Å². The highest BCUT2D eigenvalue weighted by molar-refractivity contribution is 7.71. The van der Waals surface area contributed by atoms with Crippen LogP contribution in [0.4, 0.5) is 0 Å². The number of nitrogens with one attached hydrogen (secondary N) is 4. The minimum Gasteiger partial charge on any atom is -0.465 e. The Balaban J connectivity index is 0.000000157.